The van der Waals surface area contributed by atoms with Gasteiger partial charge in [-0.3, -0.25) is 9.36 Å². The summed E-state index contributed by atoms with van der Waals surface area (Å²) in [6.45, 7) is 0.331. The summed E-state index contributed by atoms with van der Waals surface area (Å²) in [5.41, 5.74) is 2.29. The number of rotatable bonds is 8. The first kappa shape index (κ1) is 23.7. The van der Waals surface area contributed by atoms with E-state index in [0.29, 0.717) is 35.4 Å². The quantitative estimate of drug-likeness (QED) is 0.298. The van der Waals surface area contributed by atoms with Gasteiger partial charge in [0.25, 0.3) is 5.56 Å². The molecule has 172 valence electrons. The van der Waals surface area contributed by atoms with Gasteiger partial charge in [0.2, 0.25) is 10.0 Å². The highest BCUT2D eigenvalue weighted by molar-refractivity contribution is 8.00. The molecule has 1 atom stereocenters. The molecular weight excluding hydrogens is 468 g/mol. The van der Waals surface area contributed by atoms with Crippen molar-refractivity contribution in [3.05, 3.63) is 100 Å². The molecular formula is C25H22N4O3S2. The van der Waals surface area contributed by atoms with E-state index >= 15 is 0 Å². The molecule has 0 radical (unpaired) electrons. The Morgan fingerprint density at radius 1 is 0.971 bits per heavy atom. The maximum atomic E-state index is 13.3. The molecule has 0 spiro atoms. The Kier molecular flexibility index (Phi) is 7.12. The molecule has 3 aromatic carbocycles. The van der Waals surface area contributed by atoms with Crippen LogP contribution < -0.4 is 10.7 Å². The summed E-state index contributed by atoms with van der Waals surface area (Å²) in [6.07, 6.45) is 1.01. The van der Waals surface area contributed by atoms with E-state index in [1.165, 1.54) is 23.9 Å². The van der Waals surface area contributed by atoms with Gasteiger partial charge < -0.3 is 0 Å². The lowest BCUT2D eigenvalue weighted by Crippen LogP contribution is -2.25. The molecule has 0 fully saturated rings. The van der Waals surface area contributed by atoms with Crippen LogP contribution in [0.5, 0.6) is 0 Å². The number of benzene rings is 3. The Morgan fingerprint density at radius 2 is 1.65 bits per heavy atom. The maximum Gasteiger partial charge on any atom is 0.262 e. The Hall–Kier alpha value is -3.45. The minimum Gasteiger partial charge on any atom is -0.287 e. The fraction of sp³-hybridized carbons (Fsp3) is 0.160. The number of sulfonamides is 1. The van der Waals surface area contributed by atoms with Crippen molar-refractivity contribution in [1.29, 1.82) is 5.26 Å². The smallest absolute Gasteiger partial charge is 0.262 e. The van der Waals surface area contributed by atoms with Crippen LogP contribution in [0, 0.1) is 11.3 Å². The van der Waals surface area contributed by atoms with Gasteiger partial charge in [-0.25, -0.2) is 18.5 Å². The molecule has 4 aromatic rings. The maximum absolute atomic E-state index is 13.3. The summed E-state index contributed by atoms with van der Waals surface area (Å²) >= 11 is 1.28. The number of hydrogen-bond acceptors (Lipinski definition) is 6. The van der Waals surface area contributed by atoms with Crippen LogP contribution in [0.25, 0.3) is 10.9 Å². The average Bonchev–Trinajstić information content (AvgIpc) is 2.84. The van der Waals surface area contributed by atoms with Crippen molar-refractivity contribution in [3.63, 3.8) is 0 Å². The van der Waals surface area contributed by atoms with Crippen molar-refractivity contribution in [2.24, 2.45) is 5.14 Å². The minimum atomic E-state index is -3.77. The number of fused-ring (bicyclic) bond motifs is 1. The van der Waals surface area contributed by atoms with E-state index in [0.717, 1.165) is 11.1 Å². The molecule has 0 aliphatic rings. The molecule has 0 aliphatic carbocycles. The third kappa shape index (κ3) is 5.54. The third-order valence-electron chi connectivity index (χ3n) is 5.36. The van der Waals surface area contributed by atoms with Crippen molar-refractivity contribution in [3.8, 4) is 6.07 Å². The van der Waals surface area contributed by atoms with Gasteiger partial charge in [0, 0.05) is 6.54 Å². The van der Waals surface area contributed by atoms with E-state index in [1.807, 2.05) is 36.4 Å². The zero-order valence-corrected chi connectivity index (χ0v) is 19.8. The van der Waals surface area contributed by atoms with Crippen LogP contribution in [0.15, 0.2) is 93.7 Å². The molecule has 4 rings (SSSR count). The highest BCUT2D eigenvalue weighted by Crippen LogP contribution is 2.25. The van der Waals surface area contributed by atoms with Gasteiger partial charge in [-0.15, -0.1) is 0 Å². The van der Waals surface area contributed by atoms with E-state index in [2.05, 4.69) is 6.07 Å². The molecule has 1 aromatic heterocycles. The van der Waals surface area contributed by atoms with Crippen molar-refractivity contribution in [2.75, 3.05) is 0 Å². The first-order chi connectivity index (χ1) is 16.3. The first-order valence-electron chi connectivity index (χ1n) is 10.6. The summed E-state index contributed by atoms with van der Waals surface area (Å²) in [4.78, 5) is 18.1. The Morgan fingerprint density at radius 3 is 2.32 bits per heavy atom. The van der Waals surface area contributed by atoms with Gasteiger partial charge in [0.1, 0.15) is 5.25 Å². The average molecular weight is 491 g/mol. The summed E-state index contributed by atoms with van der Waals surface area (Å²) < 4.78 is 24.6. The molecule has 0 unspecified atom stereocenters. The zero-order valence-electron chi connectivity index (χ0n) is 18.2. The Balaban J connectivity index is 1.64. The van der Waals surface area contributed by atoms with E-state index in [-0.39, 0.29) is 10.5 Å². The second-order valence-corrected chi connectivity index (χ2v) is 10.5. The van der Waals surface area contributed by atoms with E-state index < -0.39 is 15.3 Å². The van der Waals surface area contributed by atoms with Gasteiger partial charge in [-0.1, -0.05) is 66.4 Å². The molecule has 0 bridgehead atoms. The van der Waals surface area contributed by atoms with Crippen molar-refractivity contribution >= 4 is 32.7 Å². The standard InChI is InChI=1S/C25H22N4O3S2/c26-17-20(16-19-6-2-1-3-7-19)33-25-28-23-9-5-4-8-22(23)24(30)29(25)15-14-18-10-12-21(13-11-18)34(27,31)32/h1-13,20H,14-16H2,(H2,27,31,32)/t20-/m0/s1. The SMILES string of the molecule is N#C[C@H](Cc1ccccc1)Sc1nc2ccccc2c(=O)n1CCc1ccc(S(N)(=O)=O)cc1. The number of aromatic nitrogens is 2. The van der Waals surface area contributed by atoms with Crippen LogP contribution in [0.3, 0.4) is 0 Å². The number of nitrogens with two attached hydrogens (primary N) is 1. The van der Waals surface area contributed by atoms with Crippen molar-refractivity contribution in [1.82, 2.24) is 9.55 Å². The van der Waals surface area contributed by atoms with Gasteiger partial charge in [0.05, 0.1) is 21.9 Å². The van der Waals surface area contributed by atoms with E-state index in [9.17, 15) is 18.5 Å². The number of thioether (sulfide) groups is 1. The normalized spacial score (nSPS) is 12.4. The molecule has 2 N–H and O–H groups in total. The minimum absolute atomic E-state index is 0.0369. The second kappa shape index (κ2) is 10.2. The number of primary sulfonamides is 1. The van der Waals surface area contributed by atoms with Gasteiger partial charge in [-0.05, 0) is 48.2 Å². The van der Waals surface area contributed by atoms with Crippen molar-refractivity contribution in [2.45, 2.75) is 34.7 Å². The molecule has 34 heavy (non-hydrogen) atoms. The molecule has 7 nitrogen and oxygen atoms in total. The third-order valence-corrected chi connectivity index (χ3v) is 7.37. The van der Waals surface area contributed by atoms with Crippen molar-refractivity contribution < 1.29 is 8.42 Å². The lowest BCUT2D eigenvalue weighted by molar-refractivity contribution is 0.593. The van der Waals surface area contributed by atoms with Gasteiger partial charge >= 0.3 is 0 Å². The topological polar surface area (TPSA) is 119 Å². The lowest BCUT2D eigenvalue weighted by Gasteiger charge is -2.15. The number of aryl methyl sites for hydroxylation is 1. The first-order valence-corrected chi connectivity index (χ1v) is 13.0. The molecule has 9 heteroatoms. The number of hydrogen-bond donors (Lipinski definition) is 1. The van der Waals surface area contributed by atoms with E-state index in [4.69, 9.17) is 10.1 Å². The van der Waals surface area contributed by atoms with E-state index in [1.54, 1.807) is 34.9 Å². The van der Waals surface area contributed by atoms with Crippen LogP contribution in [-0.2, 0) is 29.4 Å². The number of nitrogens with zero attached hydrogens (tertiary/aromatic N) is 3. The van der Waals surface area contributed by atoms with Crippen LogP contribution in [0.1, 0.15) is 11.1 Å². The van der Waals surface area contributed by atoms with Crippen LogP contribution in [0.2, 0.25) is 0 Å². The molecule has 0 saturated carbocycles. The summed E-state index contributed by atoms with van der Waals surface area (Å²) in [5, 5.41) is 15.5. The predicted octanol–water partition coefficient (Wildman–Crippen LogP) is 3.51. The van der Waals surface area contributed by atoms with Gasteiger partial charge in [-0.2, -0.15) is 5.26 Å². The molecule has 0 amide bonds. The molecule has 0 saturated heterocycles. The highest BCUT2D eigenvalue weighted by atomic mass is 32.2. The van der Waals surface area contributed by atoms with Gasteiger partial charge in [0.15, 0.2) is 5.16 Å². The van der Waals surface area contributed by atoms with Crippen LogP contribution in [-0.4, -0.2) is 23.2 Å². The Labute approximate surface area is 201 Å². The fourth-order valence-electron chi connectivity index (χ4n) is 3.59. The molecule has 1 heterocycles. The Bertz CT molecular complexity index is 1510. The lowest BCUT2D eigenvalue weighted by atomic mass is 10.1. The van der Waals surface area contributed by atoms with Crippen LogP contribution in [0.4, 0.5) is 0 Å². The zero-order chi connectivity index (χ0) is 24.1. The predicted molar refractivity (Wildman–Crippen MR) is 133 cm³/mol. The summed E-state index contributed by atoms with van der Waals surface area (Å²) in [6, 6.07) is 25.5. The van der Waals surface area contributed by atoms with Crippen LogP contribution >= 0.6 is 11.8 Å². The second-order valence-electron chi connectivity index (χ2n) is 7.73. The monoisotopic (exact) mass is 490 g/mol. The largest absolute Gasteiger partial charge is 0.287 e. The fourth-order valence-corrected chi connectivity index (χ4v) is 5.14. The number of para-hydroxylation sites is 1. The molecule has 0 aliphatic heterocycles. The summed E-state index contributed by atoms with van der Waals surface area (Å²) in [5.74, 6) is 0. The number of nitriles is 1. The highest BCUT2D eigenvalue weighted by Gasteiger charge is 2.18. The summed E-state index contributed by atoms with van der Waals surface area (Å²) in [7, 11) is -3.77.